The van der Waals surface area contributed by atoms with Crippen LogP contribution in [0, 0.1) is 33.5 Å². The molecule has 0 fully saturated rings. The van der Waals surface area contributed by atoms with Crippen molar-refractivity contribution >= 4 is 35.0 Å². The monoisotopic (exact) mass is 455 g/mol. The molecule has 0 radical (unpaired) electrons. The predicted molar refractivity (Wildman–Crippen MR) is 111 cm³/mol. The van der Waals surface area contributed by atoms with Gasteiger partial charge in [0, 0.05) is 11.6 Å². The summed E-state index contributed by atoms with van der Waals surface area (Å²) in [4.78, 5) is 35.3. The molecule has 0 bridgehead atoms. The molecule has 0 saturated carbocycles. The molecular weight excluding hydrogens is 435 g/mol. The Balaban J connectivity index is 2.01. The van der Waals surface area contributed by atoms with Crippen molar-refractivity contribution in [2.45, 2.75) is 25.2 Å². The highest BCUT2D eigenvalue weighted by atomic mass is 32.2. The molecule has 0 aliphatic carbocycles. The minimum atomic E-state index is -1.74. The molecule has 0 unspecified atom stereocenters. The van der Waals surface area contributed by atoms with Crippen molar-refractivity contribution in [2.75, 3.05) is 17.6 Å². The highest BCUT2D eigenvalue weighted by Crippen LogP contribution is 2.31. The van der Waals surface area contributed by atoms with Crippen molar-refractivity contribution in [3.8, 4) is 0 Å². The second kappa shape index (κ2) is 10.8. The Morgan fingerprint density at radius 1 is 1.13 bits per heavy atom. The Morgan fingerprint density at radius 3 is 2.48 bits per heavy atom. The van der Waals surface area contributed by atoms with Gasteiger partial charge in [-0.05, 0) is 42.4 Å². The second-order valence-electron chi connectivity index (χ2n) is 6.92. The molecule has 0 saturated heterocycles. The van der Waals surface area contributed by atoms with Crippen molar-refractivity contribution in [1.82, 2.24) is 5.32 Å². The molecule has 0 spiro atoms. The van der Waals surface area contributed by atoms with Crippen molar-refractivity contribution in [3.05, 3.63) is 63.5 Å². The molecule has 0 aromatic heterocycles. The lowest BCUT2D eigenvalue weighted by molar-refractivity contribution is -0.387. The van der Waals surface area contributed by atoms with E-state index in [-0.39, 0.29) is 11.3 Å². The maximum atomic E-state index is 13.6. The van der Waals surface area contributed by atoms with Crippen molar-refractivity contribution < 1.29 is 27.7 Å². The number of hydrogen-bond acceptors (Lipinski definition) is 5. The molecule has 166 valence electrons. The fraction of sp³-hybridized carbons (Fsp3) is 0.300. The third-order valence-corrected chi connectivity index (χ3v) is 5.19. The number of anilines is 1. The van der Waals surface area contributed by atoms with Crippen LogP contribution in [-0.2, 0) is 4.79 Å². The van der Waals surface area contributed by atoms with Gasteiger partial charge < -0.3 is 10.6 Å². The third kappa shape index (κ3) is 6.71. The van der Waals surface area contributed by atoms with Gasteiger partial charge in [0.2, 0.25) is 5.91 Å². The molecule has 0 heterocycles. The van der Waals surface area contributed by atoms with E-state index in [2.05, 4.69) is 5.32 Å². The fourth-order valence-electron chi connectivity index (χ4n) is 2.41. The molecule has 0 atom stereocenters. The standard InChI is InChI=1S/C20H20F3N3O4S/c1-11(2)7-8-31-16-6-3-12(9-15(16)26(29)30)20(28)24-10-17(27)25-14-5-4-13(21)18(22)19(14)23/h3-6,9,11H,7-8,10H2,1-2H3,(H,24,28)(H,25,27). The van der Waals surface area contributed by atoms with E-state index in [1.54, 1.807) is 0 Å². The maximum Gasteiger partial charge on any atom is 0.283 e. The van der Waals surface area contributed by atoms with E-state index in [1.807, 2.05) is 19.2 Å². The molecule has 31 heavy (non-hydrogen) atoms. The smallest absolute Gasteiger partial charge is 0.283 e. The van der Waals surface area contributed by atoms with Gasteiger partial charge in [-0.2, -0.15) is 0 Å². The molecule has 7 nitrogen and oxygen atoms in total. The number of thioether (sulfide) groups is 1. The van der Waals surface area contributed by atoms with Crippen LogP contribution in [0.25, 0.3) is 0 Å². The van der Waals surface area contributed by atoms with Crippen molar-refractivity contribution in [3.63, 3.8) is 0 Å². The minimum Gasteiger partial charge on any atom is -0.343 e. The van der Waals surface area contributed by atoms with Crippen molar-refractivity contribution in [2.24, 2.45) is 5.92 Å². The number of nitrogens with one attached hydrogen (secondary N) is 2. The summed E-state index contributed by atoms with van der Waals surface area (Å²) in [5, 5.41) is 15.6. The van der Waals surface area contributed by atoms with E-state index in [4.69, 9.17) is 0 Å². The van der Waals surface area contributed by atoms with Gasteiger partial charge in [-0.25, -0.2) is 13.2 Å². The number of carbonyl (C=O) groups is 2. The normalized spacial score (nSPS) is 10.8. The van der Waals surface area contributed by atoms with Gasteiger partial charge in [0.1, 0.15) is 0 Å². The number of halogens is 3. The molecule has 2 amide bonds. The van der Waals surface area contributed by atoms with Crippen LogP contribution in [-0.4, -0.2) is 29.0 Å². The summed E-state index contributed by atoms with van der Waals surface area (Å²) < 4.78 is 39.7. The SMILES string of the molecule is CC(C)CCSc1ccc(C(=O)NCC(=O)Nc2ccc(F)c(F)c2F)cc1[N+](=O)[O-]. The summed E-state index contributed by atoms with van der Waals surface area (Å²) in [5.74, 6) is -5.23. The van der Waals surface area contributed by atoms with E-state index < -0.39 is 46.4 Å². The maximum absolute atomic E-state index is 13.6. The molecule has 2 N–H and O–H groups in total. The first-order valence-electron chi connectivity index (χ1n) is 9.23. The van der Waals surface area contributed by atoms with Crippen LogP contribution in [0.15, 0.2) is 35.2 Å². The van der Waals surface area contributed by atoms with Crippen LogP contribution in [0.5, 0.6) is 0 Å². The zero-order chi connectivity index (χ0) is 23.1. The average Bonchev–Trinajstić information content (AvgIpc) is 2.72. The van der Waals surface area contributed by atoms with Gasteiger partial charge in [-0.3, -0.25) is 19.7 Å². The number of carbonyl (C=O) groups excluding carboxylic acids is 2. The van der Waals surface area contributed by atoms with Crippen molar-refractivity contribution in [1.29, 1.82) is 0 Å². The summed E-state index contributed by atoms with van der Waals surface area (Å²) in [6.45, 7) is 3.47. The minimum absolute atomic E-state index is 0.0354. The number of nitro groups is 1. The molecule has 11 heteroatoms. The number of nitro benzene ring substituents is 1. The Bertz CT molecular complexity index is 1000. The number of amides is 2. The zero-order valence-corrected chi connectivity index (χ0v) is 17.5. The van der Waals surface area contributed by atoms with E-state index >= 15 is 0 Å². The van der Waals surface area contributed by atoms with E-state index in [0.717, 1.165) is 18.6 Å². The van der Waals surface area contributed by atoms with Crippen LogP contribution in [0.1, 0.15) is 30.6 Å². The Morgan fingerprint density at radius 2 is 1.84 bits per heavy atom. The van der Waals surface area contributed by atoms with Gasteiger partial charge in [-0.1, -0.05) is 13.8 Å². The average molecular weight is 455 g/mol. The van der Waals surface area contributed by atoms with E-state index in [1.165, 1.54) is 23.9 Å². The molecular formula is C20H20F3N3O4S. The van der Waals surface area contributed by atoms with Crippen LogP contribution in [0.4, 0.5) is 24.5 Å². The summed E-state index contributed by atoms with van der Waals surface area (Å²) in [6.07, 6.45) is 0.873. The largest absolute Gasteiger partial charge is 0.343 e. The Hall–Kier alpha value is -3.08. The lowest BCUT2D eigenvalue weighted by Gasteiger charge is -2.09. The second-order valence-corrected chi connectivity index (χ2v) is 8.06. The summed E-state index contributed by atoms with van der Waals surface area (Å²) in [5.41, 5.74) is -0.849. The lowest BCUT2D eigenvalue weighted by atomic mass is 10.2. The highest BCUT2D eigenvalue weighted by Gasteiger charge is 2.19. The number of hydrogen-bond donors (Lipinski definition) is 2. The molecule has 2 aromatic carbocycles. The van der Waals surface area contributed by atoms with Crippen LogP contribution in [0.3, 0.4) is 0 Å². The molecule has 0 aliphatic heterocycles. The molecule has 2 rings (SSSR count). The number of benzene rings is 2. The first-order chi connectivity index (χ1) is 14.6. The van der Waals surface area contributed by atoms with E-state index in [9.17, 15) is 32.9 Å². The van der Waals surface area contributed by atoms with Gasteiger partial charge in [0.25, 0.3) is 11.6 Å². The highest BCUT2D eigenvalue weighted by molar-refractivity contribution is 7.99. The predicted octanol–water partition coefficient (Wildman–Crippen LogP) is 4.52. The van der Waals surface area contributed by atoms with Crippen LogP contribution < -0.4 is 10.6 Å². The van der Waals surface area contributed by atoms with Gasteiger partial charge in [-0.15, -0.1) is 11.8 Å². The van der Waals surface area contributed by atoms with Gasteiger partial charge in [0.15, 0.2) is 17.5 Å². The summed E-state index contributed by atoms with van der Waals surface area (Å²) in [6, 6.07) is 5.46. The topological polar surface area (TPSA) is 101 Å². The number of rotatable bonds is 9. The Labute approximate surface area is 180 Å². The summed E-state index contributed by atoms with van der Waals surface area (Å²) >= 11 is 1.32. The Kier molecular flexibility index (Phi) is 8.43. The van der Waals surface area contributed by atoms with Gasteiger partial charge in [0.05, 0.1) is 22.1 Å². The number of nitrogens with zero attached hydrogens (tertiary/aromatic N) is 1. The van der Waals surface area contributed by atoms with E-state index in [0.29, 0.717) is 22.6 Å². The molecule has 2 aromatic rings. The van der Waals surface area contributed by atoms with Crippen LogP contribution >= 0.6 is 11.8 Å². The van der Waals surface area contributed by atoms with Crippen LogP contribution in [0.2, 0.25) is 0 Å². The van der Waals surface area contributed by atoms with Gasteiger partial charge >= 0.3 is 0 Å². The summed E-state index contributed by atoms with van der Waals surface area (Å²) in [7, 11) is 0. The quantitative estimate of drug-likeness (QED) is 0.251. The zero-order valence-electron chi connectivity index (χ0n) is 16.7. The molecule has 0 aliphatic rings. The third-order valence-electron chi connectivity index (χ3n) is 4.09. The fourth-order valence-corrected chi connectivity index (χ4v) is 3.66. The first-order valence-corrected chi connectivity index (χ1v) is 10.2. The first kappa shape index (κ1) is 24.2. The lowest BCUT2D eigenvalue weighted by Crippen LogP contribution is -2.33.